The fourth-order valence-electron chi connectivity index (χ4n) is 3.43. The normalized spacial score (nSPS) is 18.8. The van der Waals surface area contributed by atoms with Gasteiger partial charge in [0.2, 0.25) is 5.91 Å². The van der Waals surface area contributed by atoms with Crippen molar-refractivity contribution in [3.63, 3.8) is 0 Å². The van der Waals surface area contributed by atoms with Crippen molar-refractivity contribution in [1.29, 1.82) is 0 Å². The zero-order valence-corrected chi connectivity index (χ0v) is 16.9. The number of benzene rings is 1. The van der Waals surface area contributed by atoms with Crippen LogP contribution < -0.4 is 10.1 Å². The monoisotopic (exact) mass is 434 g/mol. The summed E-state index contributed by atoms with van der Waals surface area (Å²) < 4.78 is 57.3. The number of carbonyl (C=O) groups is 1. The van der Waals surface area contributed by atoms with Crippen LogP contribution in [0.2, 0.25) is 0 Å². The molecule has 0 atom stereocenters. The van der Waals surface area contributed by atoms with E-state index in [1.807, 2.05) is 19.1 Å². The van der Waals surface area contributed by atoms with E-state index >= 15 is 0 Å². The van der Waals surface area contributed by atoms with Crippen LogP contribution >= 0.6 is 0 Å². The molecule has 1 heterocycles. The molecule has 1 aromatic carbocycles. The summed E-state index contributed by atoms with van der Waals surface area (Å²) in [6, 6.07) is 4.26. The first kappa shape index (κ1) is 22.5. The summed E-state index contributed by atoms with van der Waals surface area (Å²) in [7, 11) is 0. The Morgan fingerprint density at radius 3 is 2.71 bits per heavy atom. The number of nitrogens with one attached hydrogen (secondary N) is 1. The summed E-state index contributed by atoms with van der Waals surface area (Å²) in [6.45, 7) is 5.61. The van der Waals surface area contributed by atoms with E-state index < -0.39 is 17.6 Å². The summed E-state index contributed by atoms with van der Waals surface area (Å²) >= 11 is 0. The number of aromatic nitrogens is 1. The van der Waals surface area contributed by atoms with E-state index in [1.165, 1.54) is 6.07 Å². The van der Waals surface area contributed by atoms with E-state index in [-0.39, 0.29) is 30.2 Å². The smallest absolute Gasteiger partial charge is 0.419 e. The molecule has 1 N–H and O–H groups in total. The predicted molar refractivity (Wildman–Crippen MR) is 110 cm³/mol. The van der Waals surface area contributed by atoms with E-state index in [4.69, 9.17) is 4.74 Å². The molecule has 2 aromatic rings. The quantitative estimate of drug-likeness (QED) is 0.594. The Morgan fingerprint density at radius 1 is 1.32 bits per heavy atom. The number of hydrogen-bond donors (Lipinski definition) is 1. The van der Waals surface area contributed by atoms with Crippen molar-refractivity contribution in [2.24, 2.45) is 0 Å². The van der Waals surface area contributed by atoms with E-state index in [0.29, 0.717) is 18.9 Å². The number of carbonyl (C=O) groups excluding carboxylic acids is 1. The van der Waals surface area contributed by atoms with Gasteiger partial charge in [0.05, 0.1) is 12.0 Å². The molecular formula is C23H22F4N2O2. The average molecular weight is 434 g/mol. The lowest BCUT2D eigenvalue weighted by Crippen LogP contribution is -2.49. The van der Waals surface area contributed by atoms with Gasteiger partial charge < -0.3 is 10.1 Å². The van der Waals surface area contributed by atoms with Gasteiger partial charge in [-0.25, -0.2) is 4.39 Å². The summed E-state index contributed by atoms with van der Waals surface area (Å²) in [5.74, 6) is -1.55. The second kappa shape index (κ2) is 9.32. The number of ether oxygens (including phenoxy) is 1. The number of rotatable bonds is 7. The summed E-state index contributed by atoms with van der Waals surface area (Å²) in [4.78, 5) is 16.5. The third-order valence-electron chi connectivity index (χ3n) is 5.12. The number of amides is 1. The van der Waals surface area contributed by atoms with Crippen LogP contribution in [0, 0.1) is 5.82 Å². The molecule has 1 amide bonds. The van der Waals surface area contributed by atoms with Gasteiger partial charge in [0.25, 0.3) is 0 Å². The van der Waals surface area contributed by atoms with Crippen molar-refractivity contribution in [3.8, 4) is 5.75 Å². The molecule has 0 saturated heterocycles. The molecule has 31 heavy (non-hydrogen) atoms. The third-order valence-corrected chi connectivity index (χ3v) is 5.12. The van der Waals surface area contributed by atoms with Crippen molar-refractivity contribution >= 4 is 17.6 Å². The maximum atomic E-state index is 13.4. The molecule has 1 fully saturated rings. The van der Waals surface area contributed by atoms with Crippen LogP contribution in [0.15, 0.2) is 49.3 Å². The highest BCUT2D eigenvalue weighted by atomic mass is 19.4. The molecule has 8 heteroatoms. The predicted octanol–water partition coefficient (Wildman–Crippen LogP) is 5.40. The zero-order chi connectivity index (χ0) is 22.6. The minimum absolute atomic E-state index is 0.0469. The van der Waals surface area contributed by atoms with Crippen molar-refractivity contribution < 1.29 is 27.1 Å². The Labute approximate surface area is 177 Å². The maximum Gasteiger partial charge on any atom is 0.419 e. The summed E-state index contributed by atoms with van der Waals surface area (Å²) in [5, 5.41) is 2.91. The molecule has 1 aliphatic rings. The van der Waals surface area contributed by atoms with Gasteiger partial charge in [0.1, 0.15) is 17.7 Å². The van der Waals surface area contributed by atoms with Gasteiger partial charge in [-0.05, 0) is 47.9 Å². The maximum absolute atomic E-state index is 13.4. The van der Waals surface area contributed by atoms with Gasteiger partial charge in [0, 0.05) is 31.3 Å². The standard InChI is InChI=1S/C23H22F4N2O2/c1-3-14(19-7-8-28-13-15(19)4-2)9-22(30)29-16-10-18(11-16)31-17-5-6-21(24)20(12-17)23(25,26)27/h3-8,12-13,16,18H,2,9-11H2,1H3,(H,29,30)/b14-3-. The Morgan fingerprint density at radius 2 is 2.06 bits per heavy atom. The number of halogens is 4. The average Bonchev–Trinajstić information content (AvgIpc) is 2.70. The fourth-order valence-corrected chi connectivity index (χ4v) is 3.43. The highest BCUT2D eigenvalue weighted by Gasteiger charge is 2.36. The second-order valence-electron chi connectivity index (χ2n) is 7.27. The lowest BCUT2D eigenvalue weighted by Gasteiger charge is -2.36. The van der Waals surface area contributed by atoms with E-state index in [2.05, 4.69) is 16.9 Å². The van der Waals surface area contributed by atoms with Gasteiger partial charge in [-0.15, -0.1) is 0 Å². The van der Waals surface area contributed by atoms with Crippen molar-refractivity contribution in [1.82, 2.24) is 10.3 Å². The first-order valence-corrected chi connectivity index (χ1v) is 9.76. The minimum atomic E-state index is -4.79. The SMILES string of the molecule is C=Cc1cnccc1/C(=C\C)CC(=O)NC1CC(Oc2ccc(F)c(C(F)(F)F)c2)C1. The van der Waals surface area contributed by atoms with Gasteiger partial charge in [-0.3, -0.25) is 9.78 Å². The first-order valence-electron chi connectivity index (χ1n) is 9.76. The molecule has 0 unspecified atom stereocenters. The highest BCUT2D eigenvalue weighted by Crippen LogP contribution is 2.35. The highest BCUT2D eigenvalue weighted by molar-refractivity contribution is 5.90. The lowest BCUT2D eigenvalue weighted by atomic mass is 9.88. The van der Waals surface area contributed by atoms with Crippen molar-refractivity contribution in [2.45, 2.75) is 44.5 Å². The lowest BCUT2D eigenvalue weighted by molar-refractivity contribution is -0.140. The van der Waals surface area contributed by atoms with Crippen LogP contribution in [0.4, 0.5) is 17.6 Å². The molecule has 164 valence electrons. The van der Waals surface area contributed by atoms with Crippen molar-refractivity contribution in [2.75, 3.05) is 0 Å². The van der Waals surface area contributed by atoms with Gasteiger partial charge in [0.15, 0.2) is 0 Å². The molecule has 1 aromatic heterocycles. The number of pyridine rings is 1. The Kier molecular flexibility index (Phi) is 6.77. The van der Waals surface area contributed by atoms with Crippen LogP contribution in [0.3, 0.4) is 0 Å². The molecule has 1 aliphatic carbocycles. The molecule has 1 saturated carbocycles. The summed E-state index contributed by atoms with van der Waals surface area (Å²) in [6.07, 6.45) is 2.84. The van der Waals surface area contributed by atoms with E-state index in [1.54, 1.807) is 18.5 Å². The second-order valence-corrected chi connectivity index (χ2v) is 7.27. The molecule has 0 spiro atoms. The molecular weight excluding hydrogens is 412 g/mol. The Balaban J connectivity index is 1.52. The minimum Gasteiger partial charge on any atom is -0.490 e. The van der Waals surface area contributed by atoms with Crippen LogP contribution in [0.25, 0.3) is 11.6 Å². The van der Waals surface area contributed by atoms with Gasteiger partial charge in [-0.1, -0.05) is 18.7 Å². The molecule has 4 nitrogen and oxygen atoms in total. The zero-order valence-electron chi connectivity index (χ0n) is 16.9. The third kappa shape index (κ3) is 5.51. The van der Waals surface area contributed by atoms with Crippen LogP contribution in [0.1, 0.15) is 42.9 Å². The van der Waals surface area contributed by atoms with Crippen molar-refractivity contribution in [3.05, 3.63) is 71.8 Å². The first-order chi connectivity index (χ1) is 14.7. The fraction of sp³-hybridized carbons (Fsp3) is 0.304. The van der Waals surface area contributed by atoms with E-state index in [9.17, 15) is 22.4 Å². The van der Waals surface area contributed by atoms with Gasteiger partial charge >= 0.3 is 6.18 Å². The molecule has 0 radical (unpaired) electrons. The topological polar surface area (TPSA) is 51.2 Å². The van der Waals surface area contributed by atoms with Crippen LogP contribution in [-0.2, 0) is 11.0 Å². The number of alkyl halides is 3. The van der Waals surface area contributed by atoms with Crippen LogP contribution in [0.5, 0.6) is 5.75 Å². The molecule has 0 aliphatic heterocycles. The largest absolute Gasteiger partial charge is 0.490 e. The Hall–Kier alpha value is -3.16. The van der Waals surface area contributed by atoms with E-state index in [0.717, 1.165) is 22.8 Å². The van der Waals surface area contributed by atoms with Gasteiger partial charge in [-0.2, -0.15) is 13.2 Å². The molecule has 3 rings (SSSR count). The van der Waals surface area contributed by atoms with Crippen LogP contribution in [-0.4, -0.2) is 23.0 Å². The number of allylic oxidation sites excluding steroid dienone is 1. The number of nitrogens with zero attached hydrogens (tertiary/aromatic N) is 1. The molecule has 0 bridgehead atoms. The summed E-state index contributed by atoms with van der Waals surface area (Å²) in [5.41, 5.74) is 1.20. The number of hydrogen-bond acceptors (Lipinski definition) is 3. The Bertz CT molecular complexity index is 995.